The highest BCUT2D eigenvalue weighted by molar-refractivity contribution is 9.10. The molecule has 1 nitrogen and oxygen atoms in total. The van der Waals surface area contributed by atoms with Gasteiger partial charge < -0.3 is 5.32 Å². The zero-order valence-corrected chi connectivity index (χ0v) is 11.4. The van der Waals surface area contributed by atoms with Crippen LogP contribution in [0.15, 0.2) is 40.9 Å². The molecular weight excluding hydrogens is 300 g/mol. The van der Waals surface area contributed by atoms with E-state index in [1.807, 2.05) is 25.1 Å². The summed E-state index contributed by atoms with van der Waals surface area (Å²) in [6.45, 7) is 2.57. The van der Waals surface area contributed by atoms with Crippen LogP contribution in [-0.4, -0.2) is 0 Å². The average molecular weight is 312 g/mol. The van der Waals surface area contributed by atoms with Crippen LogP contribution >= 0.6 is 15.9 Å². The fraction of sp³-hybridized carbons (Fsp3) is 0.143. The van der Waals surface area contributed by atoms with E-state index < -0.39 is 11.6 Å². The molecule has 0 aliphatic rings. The Morgan fingerprint density at radius 3 is 2.50 bits per heavy atom. The molecule has 0 spiro atoms. The molecule has 0 atom stereocenters. The molecule has 94 valence electrons. The molecule has 0 heterocycles. The average Bonchev–Trinajstić information content (AvgIpc) is 2.35. The summed E-state index contributed by atoms with van der Waals surface area (Å²) >= 11 is 3.43. The molecule has 0 aromatic heterocycles. The van der Waals surface area contributed by atoms with Crippen molar-refractivity contribution >= 4 is 21.6 Å². The minimum absolute atomic E-state index is 0.564. The zero-order chi connectivity index (χ0) is 13.1. The summed E-state index contributed by atoms with van der Waals surface area (Å²) in [7, 11) is 0. The van der Waals surface area contributed by atoms with Gasteiger partial charge in [-0.2, -0.15) is 0 Å². The summed E-state index contributed by atoms with van der Waals surface area (Å²) in [5, 5.41) is 3.05. The Bertz CT molecular complexity index is 518. The number of hydrogen-bond acceptors (Lipinski definition) is 1. The Balaban J connectivity index is 2.06. The Hall–Kier alpha value is -1.42. The first-order chi connectivity index (χ1) is 8.56. The molecule has 18 heavy (non-hydrogen) atoms. The van der Waals surface area contributed by atoms with Crippen LogP contribution in [0.25, 0.3) is 0 Å². The van der Waals surface area contributed by atoms with E-state index in [0.29, 0.717) is 12.2 Å². The van der Waals surface area contributed by atoms with Gasteiger partial charge in [0.1, 0.15) is 0 Å². The van der Waals surface area contributed by atoms with Crippen LogP contribution in [-0.2, 0) is 6.54 Å². The van der Waals surface area contributed by atoms with Crippen molar-refractivity contribution in [3.05, 3.63) is 63.6 Å². The Kier molecular flexibility index (Phi) is 3.97. The van der Waals surface area contributed by atoms with Crippen molar-refractivity contribution in [2.75, 3.05) is 5.32 Å². The van der Waals surface area contributed by atoms with E-state index in [0.717, 1.165) is 27.7 Å². The van der Waals surface area contributed by atoms with E-state index in [1.54, 1.807) is 0 Å². The molecule has 0 saturated carbocycles. The summed E-state index contributed by atoms with van der Waals surface area (Å²) in [5.74, 6) is -1.67. The minimum Gasteiger partial charge on any atom is -0.381 e. The highest BCUT2D eigenvalue weighted by Gasteiger charge is 2.02. The molecule has 2 rings (SSSR count). The van der Waals surface area contributed by atoms with Crippen LogP contribution in [0.2, 0.25) is 0 Å². The third-order valence-electron chi connectivity index (χ3n) is 2.64. The van der Waals surface area contributed by atoms with E-state index in [-0.39, 0.29) is 0 Å². The van der Waals surface area contributed by atoms with Gasteiger partial charge in [0.25, 0.3) is 0 Å². The van der Waals surface area contributed by atoms with E-state index in [9.17, 15) is 8.78 Å². The second kappa shape index (κ2) is 5.48. The standard InChI is InChI=1S/C14H12BrF2N/c1-9-6-10(2-4-12(9)15)8-18-11-3-5-13(16)14(17)7-11/h2-7,18H,8H2,1H3. The number of rotatable bonds is 3. The highest BCUT2D eigenvalue weighted by atomic mass is 79.9. The predicted octanol–water partition coefficient (Wildman–Crippen LogP) is 4.65. The zero-order valence-electron chi connectivity index (χ0n) is 9.81. The number of benzene rings is 2. The maximum Gasteiger partial charge on any atom is 0.160 e. The number of anilines is 1. The molecule has 0 aliphatic heterocycles. The van der Waals surface area contributed by atoms with Crippen molar-refractivity contribution in [1.29, 1.82) is 0 Å². The van der Waals surface area contributed by atoms with Gasteiger partial charge in [0.05, 0.1) is 0 Å². The molecule has 0 aliphatic carbocycles. The second-order valence-electron chi connectivity index (χ2n) is 4.07. The summed E-state index contributed by atoms with van der Waals surface area (Å²) in [6, 6.07) is 9.77. The van der Waals surface area contributed by atoms with Gasteiger partial charge >= 0.3 is 0 Å². The molecule has 1 N–H and O–H groups in total. The first kappa shape index (κ1) is 13.0. The van der Waals surface area contributed by atoms with Gasteiger partial charge in [0, 0.05) is 22.8 Å². The minimum atomic E-state index is -0.841. The Morgan fingerprint density at radius 2 is 1.83 bits per heavy atom. The lowest BCUT2D eigenvalue weighted by atomic mass is 10.1. The van der Waals surface area contributed by atoms with Gasteiger partial charge in [-0.15, -0.1) is 0 Å². The first-order valence-electron chi connectivity index (χ1n) is 5.50. The van der Waals surface area contributed by atoms with Gasteiger partial charge in [0.15, 0.2) is 11.6 Å². The normalized spacial score (nSPS) is 10.4. The molecule has 0 bridgehead atoms. The summed E-state index contributed by atoms with van der Waals surface area (Å²) in [6.07, 6.45) is 0. The molecule has 0 unspecified atom stereocenters. The molecular formula is C14H12BrF2N. The molecule has 0 amide bonds. The van der Waals surface area contributed by atoms with Crippen LogP contribution < -0.4 is 5.32 Å². The van der Waals surface area contributed by atoms with E-state index in [4.69, 9.17) is 0 Å². The lowest BCUT2D eigenvalue weighted by molar-refractivity contribution is 0.509. The molecule has 2 aromatic rings. The van der Waals surface area contributed by atoms with Gasteiger partial charge in [-0.1, -0.05) is 28.1 Å². The third kappa shape index (κ3) is 3.07. The van der Waals surface area contributed by atoms with Crippen LogP contribution in [0, 0.1) is 18.6 Å². The van der Waals surface area contributed by atoms with Crippen LogP contribution in [0.4, 0.5) is 14.5 Å². The van der Waals surface area contributed by atoms with Crippen LogP contribution in [0.5, 0.6) is 0 Å². The van der Waals surface area contributed by atoms with Gasteiger partial charge in [-0.3, -0.25) is 0 Å². The van der Waals surface area contributed by atoms with Crippen molar-refractivity contribution in [3.63, 3.8) is 0 Å². The third-order valence-corrected chi connectivity index (χ3v) is 3.53. The highest BCUT2D eigenvalue weighted by Crippen LogP contribution is 2.18. The van der Waals surface area contributed by atoms with Crippen LogP contribution in [0.1, 0.15) is 11.1 Å². The lowest BCUT2D eigenvalue weighted by Gasteiger charge is -2.08. The monoisotopic (exact) mass is 311 g/mol. The smallest absolute Gasteiger partial charge is 0.160 e. The van der Waals surface area contributed by atoms with Crippen molar-refractivity contribution in [3.8, 4) is 0 Å². The van der Waals surface area contributed by atoms with Gasteiger partial charge in [0.2, 0.25) is 0 Å². The second-order valence-corrected chi connectivity index (χ2v) is 4.92. The largest absolute Gasteiger partial charge is 0.381 e. The number of nitrogens with one attached hydrogen (secondary N) is 1. The molecule has 0 fully saturated rings. The van der Waals surface area contributed by atoms with Crippen molar-refractivity contribution in [1.82, 2.24) is 0 Å². The predicted molar refractivity (Wildman–Crippen MR) is 72.6 cm³/mol. The number of halogens is 3. The SMILES string of the molecule is Cc1cc(CNc2ccc(F)c(F)c2)ccc1Br. The fourth-order valence-corrected chi connectivity index (χ4v) is 1.87. The summed E-state index contributed by atoms with van der Waals surface area (Å²) < 4.78 is 26.8. The van der Waals surface area contributed by atoms with Crippen molar-refractivity contribution in [2.45, 2.75) is 13.5 Å². The fourth-order valence-electron chi connectivity index (χ4n) is 1.63. The van der Waals surface area contributed by atoms with Crippen molar-refractivity contribution < 1.29 is 8.78 Å². The Labute approximate surface area is 113 Å². The summed E-state index contributed by atoms with van der Waals surface area (Å²) in [5.41, 5.74) is 2.79. The Morgan fingerprint density at radius 1 is 1.06 bits per heavy atom. The van der Waals surface area contributed by atoms with E-state index in [1.165, 1.54) is 6.07 Å². The molecule has 0 radical (unpaired) electrons. The molecule has 2 aromatic carbocycles. The van der Waals surface area contributed by atoms with Crippen molar-refractivity contribution in [2.24, 2.45) is 0 Å². The molecule has 0 saturated heterocycles. The topological polar surface area (TPSA) is 12.0 Å². The quantitative estimate of drug-likeness (QED) is 0.870. The number of aryl methyl sites for hydroxylation is 1. The van der Waals surface area contributed by atoms with Gasteiger partial charge in [-0.25, -0.2) is 8.78 Å². The maximum absolute atomic E-state index is 13.0. The molecule has 4 heteroatoms. The van der Waals surface area contributed by atoms with Gasteiger partial charge in [-0.05, 0) is 36.2 Å². The number of hydrogen-bond donors (Lipinski definition) is 1. The van der Waals surface area contributed by atoms with E-state index >= 15 is 0 Å². The first-order valence-corrected chi connectivity index (χ1v) is 6.29. The lowest BCUT2D eigenvalue weighted by Crippen LogP contribution is -2.00. The van der Waals surface area contributed by atoms with E-state index in [2.05, 4.69) is 21.2 Å². The summed E-state index contributed by atoms with van der Waals surface area (Å²) in [4.78, 5) is 0. The maximum atomic E-state index is 13.0. The van der Waals surface area contributed by atoms with Crippen LogP contribution in [0.3, 0.4) is 0 Å².